The van der Waals surface area contributed by atoms with Crippen LogP contribution in [0.3, 0.4) is 0 Å². The summed E-state index contributed by atoms with van der Waals surface area (Å²) < 4.78 is 18.7. The van der Waals surface area contributed by atoms with Crippen molar-refractivity contribution in [3.63, 3.8) is 0 Å². The van der Waals surface area contributed by atoms with Gasteiger partial charge in [0.1, 0.15) is 5.82 Å². The molecule has 0 saturated heterocycles. The molecule has 0 radical (unpaired) electrons. The topological polar surface area (TPSA) is 65.6 Å². The van der Waals surface area contributed by atoms with Crippen molar-refractivity contribution in [1.29, 1.82) is 0 Å². The summed E-state index contributed by atoms with van der Waals surface area (Å²) in [6.07, 6.45) is 3.55. The second kappa shape index (κ2) is 13.5. The minimum atomic E-state index is -0.319. The number of carbonyl (C=O) groups is 2. The summed E-state index contributed by atoms with van der Waals surface area (Å²) in [6.45, 7) is 1.44. The quantitative estimate of drug-likeness (QED) is 0.273. The Labute approximate surface area is 223 Å². The van der Waals surface area contributed by atoms with Crippen LogP contribution in [0, 0.1) is 5.82 Å². The Balaban J connectivity index is 1.47. The van der Waals surface area contributed by atoms with E-state index in [4.69, 9.17) is 4.74 Å². The number of carbonyl (C=O) groups excluding carboxylic acids is 2. The summed E-state index contributed by atoms with van der Waals surface area (Å²) in [5.41, 5.74) is 4.08. The molecule has 1 N–H and O–H groups in total. The highest BCUT2D eigenvalue weighted by atomic mass is 19.1. The number of aromatic nitrogens is 1. The number of amides is 2. The molecule has 2 amide bonds. The summed E-state index contributed by atoms with van der Waals surface area (Å²) in [5, 5.41) is 1.12. The molecular weight excluding hydrogens is 481 g/mol. The van der Waals surface area contributed by atoms with Crippen molar-refractivity contribution in [2.75, 3.05) is 33.4 Å². The third kappa shape index (κ3) is 7.52. The van der Waals surface area contributed by atoms with Crippen LogP contribution in [0.2, 0.25) is 0 Å². The lowest BCUT2D eigenvalue weighted by Gasteiger charge is -2.28. The predicted molar refractivity (Wildman–Crippen MR) is 147 cm³/mol. The molecule has 6 nitrogen and oxygen atoms in total. The van der Waals surface area contributed by atoms with E-state index in [1.165, 1.54) is 12.1 Å². The first-order chi connectivity index (χ1) is 18.5. The molecule has 198 valence electrons. The van der Waals surface area contributed by atoms with E-state index >= 15 is 0 Å². The molecule has 0 saturated carbocycles. The van der Waals surface area contributed by atoms with Gasteiger partial charge in [-0.05, 0) is 47.7 Å². The zero-order valence-electron chi connectivity index (χ0n) is 21.7. The molecule has 38 heavy (non-hydrogen) atoms. The Morgan fingerprint density at radius 2 is 1.55 bits per heavy atom. The minimum absolute atomic E-state index is 0.0357. The molecule has 0 bridgehead atoms. The van der Waals surface area contributed by atoms with Crippen molar-refractivity contribution >= 4 is 22.7 Å². The Morgan fingerprint density at radius 1 is 0.816 bits per heavy atom. The number of hydrogen-bond acceptors (Lipinski definition) is 3. The first-order valence-corrected chi connectivity index (χ1v) is 12.9. The number of ether oxygens (including phenoxy) is 1. The minimum Gasteiger partial charge on any atom is -0.383 e. The second-order valence-electron chi connectivity index (χ2n) is 9.34. The van der Waals surface area contributed by atoms with Gasteiger partial charge < -0.3 is 19.5 Å². The average molecular weight is 516 g/mol. The Bertz CT molecular complexity index is 1320. The largest absolute Gasteiger partial charge is 0.383 e. The van der Waals surface area contributed by atoms with Gasteiger partial charge in [-0.2, -0.15) is 0 Å². The van der Waals surface area contributed by atoms with E-state index in [2.05, 4.69) is 11.1 Å². The van der Waals surface area contributed by atoms with Gasteiger partial charge in [-0.1, -0.05) is 60.7 Å². The van der Waals surface area contributed by atoms with Crippen LogP contribution in [-0.4, -0.2) is 59.9 Å². The number of para-hydroxylation sites is 1. The number of aryl methyl sites for hydroxylation is 1. The number of aromatic amines is 1. The summed E-state index contributed by atoms with van der Waals surface area (Å²) in [6, 6.07) is 24.1. The average Bonchev–Trinajstić information content (AvgIpc) is 3.36. The van der Waals surface area contributed by atoms with Gasteiger partial charge >= 0.3 is 0 Å². The van der Waals surface area contributed by atoms with E-state index in [0.717, 1.165) is 27.6 Å². The zero-order valence-corrected chi connectivity index (χ0v) is 21.7. The molecule has 3 aromatic carbocycles. The number of nitrogens with zero attached hydrogens (tertiary/aromatic N) is 2. The highest BCUT2D eigenvalue weighted by Crippen LogP contribution is 2.19. The van der Waals surface area contributed by atoms with Crippen LogP contribution in [0.5, 0.6) is 0 Å². The molecule has 1 heterocycles. The number of halogens is 1. The fraction of sp³-hybridized carbons (Fsp3) is 0.290. The van der Waals surface area contributed by atoms with Gasteiger partial charge in [-0.25, -0.2) is 4.39 Å². The summed E-state index contributed by atoms with van der Waals surface area (Å²) >= 11 is 0. The molecule has 0 atom stereocenters. The van der Waals surface area contributed by atoms with E-state index in [-0.39, 0.29) is 24.2 Å². The number of H-pyrrole nitrogens is 1. The molecule has 0 aliphatic carbocycles. The lowest BCUT2D eigenvalue weighted by Crippen LogP contribution is -2.44. The summed E-state index contributed by atoms with van der Waals surface area (Å²) in [4.78, 5) is 33.3. The van der Waals surface area contributed by atoms with Crippen molar-refractivity contribution in [3.8, 4) is 0 Å². The van der Waals surface area contributed by atoms with Crippen LogP contribution in [-0.2, 0) is 33.7 Å². The number of nitrogens with one attached hydrogen (secondary N) is 1. The van der Waals surface area contributed by atoms with Crippen LogP contribution in [0.15, 0.2) is 85.1 Å². The Hall–Kier alpha value is -3.97. The molecule has 0 aliphatic rings. The standard InChI is InChI=1S/C31H34FN3O3/c1-38-20-19-35(30(36)16-13-24-7-3-2-4-8-24)23-31(37)34(22-25-11-14-27(32)15-12-25)18-17-26-21-33-29-10-6-5-9-28(26)29/h2-12,14-15,21,33H,13,16-20,22-23H2,1H3. The first kappa shape index (κ1) is 27.1. The maximum absolute atomic E-state index is 13.6. The number of hydrogen-bond donors (Lipinski definition) is 1. The monoisotopic (exact) mass is 515 g/mol. The van der Waals surface area contributed by atoms with Crippen LogP contribution < -0.4 is 0 Å². The molecular formula is C31H34FN3O3. The lowest BCUT2D eigenvalue weighted by atomic mass is 10.1. The van der Waals surface area contributed by atoms with Crippen molar-refractivity contribution in [1.82, 2.24) is 14.8 Å². The molecule has 0 spiro atoms. The number of benzene rings is 3. The van der Waals surface area contributed by atoms with Crippen LogP contribution >= 0.6 is 0 Å². The predicted octanol–water partition coefficient (Wildman–Crippen LogP) is 4.99. The van der Waals surface area contributed by atoms with Gasteiger partial charge in [0, 0.05) is 50.3 Å². The van der Waals surface area contributed by atoms with E-state index in [9.17, 15) is 14.0 Å². The first-order valence-electron chi connectivity index (χ1n) is 12.9. The fourth-order valence-electron chi connectivity index (χ4n) is 4.51. The van der Waals surface area contributed by atoms with Crippen molar-refractivity contribution < 1.29 is 18.7 Å². The van der Waals surface area contributed by atoms with E-state index in [1.807, 2.05) is 54.7 Å². The highest BCUT2D eigenvalue weighted by molar-refractivity contribution is 5.85. The second-order valence-corrected chi connectivity index (χ2v) is 9.34. The summed E-state index contributed by atoms with van der Waals surface area (Å²) in [5.74, 6) is -0.559. The molecule has 7 heteroatoms. The van der Waals surface area contributed by atoms with Crippen LogP contribution in [0.25, 0.3) is 10.9 Å². The van der Waals surface area contributed by atoms with Crippen molar-refractivity contribution in [2.24, 2.45) is 0 Å². The van der Waals surface area contributed by atoms with Gasteiger partial charge in [-0.15, -0.1) is 0 Å². The third-order valence-corrected chi connectivity index (χ3v) is 6.68. The van der Waals surface area contributed by atoms with Crippen molar-refractivity contribution in [3.05, 3.63) is 108 Å². The normalized spacial score (nSPS) is 11.0. The molecule has 1 aromatic heterocycles. The summed E-state index contributed by atoms with van der Waals surface area (Å²) in [7, 11) is 1.58. The smallest absolute Gasteiger partial charge is 0.242 e. The van der Waals surface area contributed by atoms with E-state index in [1.54, 1.807) is 29.0 Å². The van der Waals surface area contributed by atoms with Crippen LogP contribution in [0.4, 0.5) is 4.39 Å². The van der Waals surface area contributed by atoms with Gasteiger partial charge in [0.15, 0.2) is 0 Å². The maximum Gasteiger partial charge on any atom is 0.242 e. The molecule has 4 rings (SSSR count). The SMILES string of the molecule is COCCN(CC(=O)N(CCc1c[nH]c2ccccc12)Cc1ccc(F)cc1)C(=O)CCc1ccccc1. The molecule has 0 fully saturated rings. The number of fused-ring (bicyclic) bond motifs is 1. The third-order valence-electron chi connectivity index (χ3n) is 6.68. The van der Waals surface area contributed by atoms with Gasteiger partial charge in [0.25, 0.3) is 0 Å². The van der Waals surface area contributed by atoms with Crippen LogP contribution in [0.1, 0.15) is 23.1 Å². The number of methoxy groups -OCH3 is 1. The maximum atomic E-state index is 13.6. The molecule has 0 aliphatic heterocycles. The fourth-order valence-corrected chi connectivity index (χ4v) is 4.51. The van der Waals surface area contributed by atoms with E-state index in [0.29, 0.717) is 45.5 Å². The van der Waals surface area contributed by atoms with E-state index < -0.39 is 0 Å². The molecule has 0 unspecified atom stereocenters. The number of rotatable bonds is 13. The Kier molecular flexibility index (Phi) is 9.65. The van der Waals surface area contributed by atoms with Gasteiger partial charge in [0.2, 0.25) is 11.8 Å². The van der Waals surface area contributed by atoms with Gasteiger partial charge in [-0.3, -0.25) is 9.59 Å². The van der Waals surface area contributed by atoms with Crippen molar-refractivity contribution in [2.45, 2.75) is 25.8 Å². The zero-order chi connectivity index (χ0) is 26.7. The Morgan fingerprint density at radius 3 is 2.32 bits per heavy atom. The molecule has 4 aromatic rings. The highest BCUT2D eigenvalue weighted by Gasteiger charge is 2.22. The lowest BCUT2D eigenvalue weighted by molar-refractivity contribution is -0.141. The van der Waals surface area contributed by atoms with Gasteiger partial charge in [0.05, 0.1) is 13.2 Å².